The van der Waals surface area contributed by atoms with Gasteiger partial charge >= 0.3 is 0 Å². The van der Waals surface area contributed by atoms with Crippen molar-refractivity contribution in [2.24, 2.45) is 5.92 Å². The van der Waals surface area contributed by atoms with Gasteiger partial charge in [0.25, 0.3) is 0 Å². The van der Waals surface area contributed by atoms with E-state index in [2.05, 4.69) is 13.0 Å². The maximum atomic E-state index is 8.80. The minimum absolute atomic E-state index is 0.269. The lowest BCUT2D eigenvalue weighted by molar-refractivity contribution is -0.206. The zero-order valence-corrected chi connectivity index (χ0v) is 12.9. The van der Waals surface area contributed by atoms with Gasteiger partial charge in [0, 0.05) is 11.5 Å². The Morgan fingerprint density at radius 2 is 1.71 bits per heavy atom. The lowest BCUT2D eigenvalue weighted by Crippen LogP contribution is -2.27. The van der Waals surface area contributed by atoms with E-state index in [1.54, 1.807) is 0 Å². The molecule has 3 nitrogen and oxygen atoms in total. The molecule has 0 aliphatic carbocycles. The minimum atomic E-state index is -0.269. The van der Waals surface area contributed by atoms with E-state index >= 15 is 0 Å². The molecule has 1 aromatic carbocycles. The summed E-state index contributed by atoms with van der Waals surface area (Å²) in [5.74, 6) is 0.529. The standard InChI is InChI=1S/C18H25NO2/c1-2-3-4-5-6-7-16-13-20-18(21-14-16)17-10-8-15(12-19)9-11-17/h8-11,16,18H,2-7,13-14H2,1H3. The highest BCUT2D eigenvalue weighted by atomic mass is 16.7. The van der Waals surface area contributed by atoms with Gasteiger partial charge in [-0.3, -0.25) is 0 Å². The molecule has 0 bridgehead atoms. The Morgan fingerprint density at radius 3 is 2.33 bits per heavy atom. The molecular weight excluding hydrogens is 262 g/mol. The molecule has 2 rings (SSSR count). The van der Waals surface area contributed by atoms with Gasteiger partial charge in [0.05, 0.1) is 24.8 Å². The Bertz CT molecular complexity index is 441. The van der Waals surface area contributed by atoms with Gasteiger partial charge in [-0.05, 0) is 18.6 Å². The molecule has 0 N–H and O–H groups in total. The van der Waals surface area contributed by atoms with E-state index in [4.69, 9.17) is 14.7 Å². The van der Waals surface area contributed by atoms with Crippen molar-refractivity contribution in [3.8, 4) is 6.07 Å². The average Bonchev–Trinajstić information content (AvgIpc) is 2.55. The van der Waals surface area contributed by atoms with E-state index in [-0.39, 0.29) is 6.29 Å². The van der Waals surface area contributed by atoms with Crippen LogP contribution in [0.1, 0.15) is 62.9 Å². The molecule has 0 atom stereocenters. The van der Waals surface area contributed by atoms with Crippen LogP contribution in [0.25, 0.3) is 0 Å². The number of hydrogen-bond acceptors (Lipinski definition) is 3. The molecule has 3 heteroatoms. The first-order valence-corrected chi connectivity index (χ1v) is 8.06. The third-order valence-electron chi connectivity index (χ3n) is 3.99. The predicted octanol–water partition coefficient (Wildman–Crippen LogP) is 4.58. The van der Waals surface area contributed by atoms with Crippen molar-refractivity contribution >= 4 is 0 Å². The Kier molecular flexibility index (Phi) is 6.72. The number of unbranched alkanes of at least 4 members (excludes halogenated alkanes) is 4. The number of rotatable bonds is 7. The second-order valence-corrected chi connectivity index (χ2v) is 5.80. The smallest absolute Gasteiger partial charge is 0.183 e. The van der Waals surface area contributed by atoms with Crippen molar-refractivity contribution in [3.05, 3.63) is 35.4 Å². The highest BCUT2D eigenvalue weighted by Gasteiger charge is 2.23. The fourth-order valence-electron chi connectivity index (χ4n) is 2.65. The summed E-state index contributed by atoms with van der Waals surface area (Å²) in [5, 5.41) is 8.80. The minimum Gasteiger partial charge on any atom is -0.348 e. The first kappa shape index (κ1) is 16.0. The van der Waals surface area contributed by atoms with Gasteiger partial charge in [-0.15, -0.1) is 0 Å². The molecule has 0 unspecified atom stereocenters. The number of hydrogen-bond donors (Lipinski definition) is 0. The van der Waals surface area contributed by atoms with E-state index in [1.165, 1.54) is 38.5 Å². The summed E-state index contributed by atoms with van der Waals surface area (Å²) in [6.07, 6.45) is 7.51. The number of nitrogens with zero attached hydrogens (tertiary/aromatic N) is 1. The quantitative estimate of drug-likeness (QED) is 0.689. The van der Waals surface area contributed by atoms with E-state index in [1.807, 2.05) is 24.3 Å². The Morgan fingerprint density at radius 1 is 1.05 bits per heavy atom. The first-order chi connectivity index (χ1) is 10.3. The van der Waals surface area contributed by atoms with Crippen LogP contribution >= 0.6 is 0 Å². The zero-order chi connectivity index (χ0) is 14.9. The summed E-state index contributed by atoms with van der Waals surface area (Å²) in [4.78, 5) is 0. The molecule has 0 amide bonds. The summed E-state index contributed by atoms with van der Waals surface area (Å²) in [5.41, 5.74) is 1.66. The van der Waals surface area contributed by atoms with Crippen LogP contribution in [0.15, 0.2) is 24.3 Å². The zero-order valence-electron chi connectivity index (χ0n) is 12.9. The van der Waals surface area contributed by atoms with Crippen molar-refractivity contribution in [1.29, 1.82) is 5.26 Å². The number of nitriles is 1. The second-order valence-electron chi connectivity index (χ2n) is 5.80. The van der Waals surface area contributed by atoms with Gasteiger partial charge in [0.1, 0.15) is 0 Å². The van der Waals surface area contributed by atoms with Gasteiger partial charge < -0.3 is 9.47 Å². The molecular formula is C18H25NO2. The van der Waals surface area contributed by atoms with Crippen molar-refractivity contribution in [2.45, 2.75) is 51.7 Å². The lowest BCUT2D eigenvalue weighted by Gasteiger charge is -2.29. The van der Waals surface area contributed by atoms with Gasteiger partial charge in [-0.25, -0.2) is 0 Å². The highest BCUT2D eigenvalue weighted by molar-refractivity contribution is 5.32. The summed E-state index contributed by atoms with van der Waals surface area (Å²) in [6.45, 7) is 3.79. The van der Waals surface area contributed by atoms with Gasteiger partial charge in [0.15, 0.2) is 6.29 Å². The molecule has 1 saturated heterocycles. The van der Waals surface area contributed by atoms with E-state index in [0.717, 1.165) is 18.8 Å². The molecule has 1 heterocycles. The fourth-order valence-corrected chi connectivity index (χ4v) is 2.65. The third-order valence-corrected chi connectivity index (χ3v) is 3.99. The van der Waals surface area contributed by atoms with Crippen LogP contribution < -0.4 is 0 Å². The van der Waals surface area contributed by atoms with Crippen LogP contribution in [0.5, 0.6) is 0 Å². The average molecular weight is 287 g/mol. The number of ether oxygens (including phenoxy) is 2. The van der Waals surface area contributed by atoms with Crippen LogP contribution in [-0.2, 0) is 9.47 Å². The molecule has 114 valence electrons. The van der Waals surface area contributed by atoms with Crippen molar-refractivity contribution in [1.82, 2.24) is 0 Å². The van der Waals surface area contributed by atoms with Crippen molar-refractivity contribution < 1.29 is 9.47 Å². The molecule has 0 saturated carbocycles. The lowest BCUT2D eigenvalue weighted by atomic mass is 10.0. The largest absolute Gasteiger partial charge is 0.348 e. The molecule has 1 aromatic rings. The maximum Gasteiger partial charge on any atom is 0.183 e. The Labute approximate surface area is 127 Å². The molecule has 1 fully saturated rings. The van der Waals surface area contributed by atoms with Crippen LogP contribution in [0, 0.1) is 17.2 Å². The summed E-state index contributed by atoms with van der Waals surface area (Å²) >= 11 is 0. The monoisotopic (exact) mass is 287 g/mol. The molecule has 1 aliphatic rings. The van der Waals surface area contributed by atoms with Crippen LogP contribution in [0.2, 0.25) is 0 Å². The molecule has 0 spiro atoms. The van der Waals surface area contributed by atoms with Gasteiger partial charge in [-0.2, -0.15) is 5.26 Å². The van der Waals surface area contributed by atoms with Gasteiger partial charge in [0.2, 0.25) is 0 Å². The van der Waals surface area contributed by atoms with Crippen molar-refractivity contribution in [3.63, 3.8) is 0 Å². The normalized spacial score (nSPS) is 21.9. The fraction of sp³-hybridized carbons (Fsp3) is 0.611. The van der Waals surface area contributed by atoms with E-state index in [9.17, 15) is 0 Å². The molecule has 0 radical (unpaired) electrons. The highest BCUT2D eigenvalue weighted by Crippen LogP contribution is 2.27. The first-order valence-electron chi connectivity index (χ1n) is 8.06. The Hall–Kier alpha value is -1.37. The second kappa shape index (κ2) is 8.81. The number of benzene rings is 1. The van der Waals surface area contributed by atoms with E-state index < -0.39 is 0 Å². The molecule has 21 heavy (non-hydrogen) atoms. The third kappa shape index (κ3) is 5.15. The van der Waals surface area contributed by atoms with E-state index in [0.29, 0.717) is 11.5 Å². The van der Waals surface area contributed by atoms with Crippen molar-refractivity contribution in [2.75, 3.05) is 13.2 Å². The van der Waals surface area contributed by atoms with Crippen LogP contribution in [0.4, 0.5) is 0 Å². The molecule has 0 aromatic heterocycles. The summed E-state index contributed by atoms with van der Waals surface area (Å²) in [7, 11) is 0. The van der Waals surface area contributed by atoms with Crippen LogP contribution in [-0.4, -0.2) is 13.2 Å². The predicted molar refractivity (Wildman–Crippen MR) is 82.7 cm³/mol. The maximum absolute atomic E-state index is 8.80. The topological polar surface area (TPSA) is 42.2 Å². The van der Waals surface area contributed by atoms with Gasteiger partial charge in [-0.1, -0.05) is 51.2 Å². The molecule has 1 aliphatic heterocycles. The Balaban J connectivity index is 1.69. The van der Waals surface area contributed by atoms with Crippen LogP contribution in [0.3, 0.4) is 0 Å². The summed E-state index contributed by atoms with van der Waals surface area (Å²) in [6, 6.07) is 9.56. The SMILES string of the molecule is CCCCCCCC1COC(c2ccc(C#N)cc2)OC1. The summed E-state index contributed by atoms with van der Waals surface area (Å²) < 4.78 is 11.6.